The molecule has 22 heavy (non-hydrogen) atoms. The number of halogens is 1. The molecule has 0 radical (unpaired) electrons. The molecule has 1 aliphatic rings. The standard InChI is InChI=1S/C16H34N4O.HI/c1-5-14(6-2)13-18-16(17-3)19-15-7-9-20(10-8-15)11-12-21-4;/h14-15H,5-13H2,1-4H3,(H2,17,18,19);1H. The summed E-state index contributed by atoms with van der Waals surface area (Å²) >= 11 is 0. The van der Waals surface area contributed by atoms with Crippen molar-refractivity contribution >= 4 is 29.9 Å². The number of nitrogens with zero attached hydrogens (tertiary/aromatic N) is 2. The van der Waals surface area contributed by atoms with Crippen molar-refractivity contribution in [2.45, 2.75) is 45.6 Å². The number of hydrogen-bond acceptors (Lipinski definition) is 3. The van der Waals surface area contributed by atoms with Gasteiger partial charge in [0.25, 0.3) is 0 Å². The molecule has 132 valence electrons. The average Bonchev–Trinajstić information content (AvgIpc) is 2.53. The third kappa shape index (κ3) is 8.53. The van der Waals surface area contributed by atoms with E-state index in [9.17, 15) is 0 Å². The van der Waals surface area contributed by atoms with Crippen LogP contribution in [0.15, 0.2) is 4.99 Å². The molecule has 1 heterocycles. The first-order chi connectivity index (χ1) is 10.2. The maximum atomic E-state index is 5.14. The largest absolute Gasteiger partial charge is 0.383 e. The van der Waals surface area contributed by atoms with E-state index in [1.807, 2.05) is 7.05 Å². The van der Waals surface area contributed by atoms with E-state index in [0.29, 0.717) is 6.04 Å². The highest BCUT2D eigenvalue weighted by Crippen LogP contribution is 2.10. The molecular weight excluding hydrogens is 391 g/mol. The van der Waals surface area contributed by atoms with Crippen LogP contribution in [-0.2, 0) is 4.74 Å². The summed E-state index contributed by atoms with van der Waals surface area (Å²) in [4.78, 5) is 6.83. The van der Waals surface area contributed by atoms with E-state index >= 15 is 0 Å². The zero-order valence-electron chi connectivity index (χ0n) is 14.7. The third-order valence-electron chi connectivity index (χ3n) is 4.48. The SMILES string of the molecule is CCC(CC)CNC(=NC)NC1CCN(CCOC)CC1.I. The summed E-state index contributed by atoms with van der Waals surface area (Å²) in [6.07, 6.45) is 4.79. The van der Waals surface area contributed by atoms with E-state index in [4.69, 9.17) is 4.74 Å². The lowest BCUT2D eigenvalue weighted by Gasteiger charge is -2.33. The van der Waals surface area contributed by atoms with Crippen LogP contribution >= 0.6 is 24.0 Å². The maximum absolute atomic E-state index is 5.14. The first-order valence-electron chi connectivity index (χ1n) is 8.41. The van der Waals surface area contributed by atoms with Crippen LogP contribution < -0.4 is 10.6 Å². The fraction of sp³-hybridized carbons (Fsp3) is 0.938. The van der Waals surface area contributed by atoms with Gasteiger partial charge in [0.15, 0.2) is 5.96 Å². The second-order valence-corrected chi connectivity index (χ2v) is 5.89. The van der Waals surface area contributed by atoms with Gasteiger partial charge in [-0.05, 0) is 18.8 Å². The fourth-order valence-electron chi connectivity index (χ4n) is 2.73. The molecule has 0 aromatic heterocycles. The average molecular weight is 426 g/mol. The minimum Gasteiger partial charge on any atom is -0.383 e. The quantitative estimate of drug-likeness (QED) is 0.355. The van der Waals surface area contributed by atoms with Gasteiger partial charge in [0.1, 0.15) is 0 Å². The number of rotatable bonds is 8. The van der Waals surface area contributed by atoms with Gasteiger partial charge in [0, 0.05) is 46.4 Å². The van der Waals surface area contributed by atoms with Crippen LogP contribution in [0.4, 0.5) is 0 Å². The zero-order chi connectivity index (χ0) is 15.5. The number of nitrogens with one attached hydrogen (secondary N) is 2. The van der Waals surface area contributed by atoms with E-state index in [2.05, 4.69) is 34.4 Å². The summed E-state index contributed by atoms with van der Waals surface area (Å²) < 4.78 is 5.14. The molecule has 1 saturated heterocycles. The first-order valence-corrected chi connectivity index (χ1v) is 8.41. The predicted octanol–water partition coefficient (Wildman–Crippen LogP) is 2.32. The third-order valence-corrected chi connectivity index (χ3v) is 4.48. The molecule has 2 N–H and O–H groups in total. The topological polar surface area (TPSA) is 48.9 Å². The van der Waals surface area contributed by atoms with Gasteiger partial charge in [-0.1, -0.05) is 26.7 Å². The van der Waals surface area contributed by atoms with E-state index < -0.39 is 0 Å². The van der Waals surface area contributed by atoms with Gasteiger partial charge in [0.05, 0.1) is 6.61 Å². The molecule has 0 saturated carbocycles. The minimum absolute atomic E-state index is 0. The maximum Gasteiger partial charge on any atom is 0.191 e. The molecule has 6 heteroatoms. The zero-order valence-corrected chi connectivity index (χ0v) is 17.1. The Hall–Kier alpha value is -0.0800. The summed E-state index contributed by atoms with van der Waals surface area (Å²) in [5.41, 5.74) is 0. The summed E-state index contributed by atoms with van der Waals surface area (Å²) in [7, 11) is 3.62. The number of ether oxygens (including phenoxy) is 1. The Morgan fingerprint density at radius 3 is 2.41 bits per heavy atom. The molecule has 0 aromatic rings. The van der Waals surface area contributed by atoms with Crippen molar-refractivity contribution < 1.29 is 4.74 Å². The highest BCUT2D eigenvalue weighted by atomic mass is 127. The van der Waals surface area contributed by atoms with E-state index in [1.54, 1.807) is 7.11 Å². The second kappa shape index (κ2) is 13.4. The highest BCUT2D eigenvalue weighted by Gasteiger charge is 2.19. The Morgan fingerprint density at radius 1 is 1.27 bits per heavy atom. The van der Waals surface area contributed by atoms with E-state index in [-0.39, 0.29) is 24.0 Å². The molecule has 0 amide bonds. The lowest BCUT2D eigenvalue weighted by Crippen LogP contribution is -2.49. The molecule has 5 nitrogen and oxygen atoms in total. The number of likely N-dealkylation sites (tertiary alicyclic amines) is 1. The van der Waals surface area contributed by atoms with Crippen molar-refractivity contribution in [3.63, 3.8) is 0 Å². The van der Waals surface area contributed by atoms with Gasteiger partial charge in [-0.3, -0.25) is 4.99 Å². The molecule has 0 aliphatic carbocycles. The van der Waals surface area contributed by atoms with Gasteiger partial charge in [0.2, 0.25) is 0 Å². The number of guanidine groups is 1. The van der Waals surface area contributed by atoms with Crippen molar-refractivity contribution in [1.29, 1.82) is 0 Å². The van der Waals surface area contributed by atoms with Crippen LogP contribution in [-0.4, -0.2) is 63.8 Å². The molecule has 0 bridgehead atoms. The summed E-state index contributed by atoms with van der Waals surface area (Å²) in [6, 6.07) is 0.539. The number of methoxy groups -OCH3 is 1. The van der Waals surface area contributed by atoms with Crippen molar-refractivity contribution in [2.24, 2.45) is 10.9 Å². The Bertz CT molecular complexity index is 290. The van der Waals surface area contributed by atoms with Crippen LogP contribution in [0.5, 0.6) is 0 Å². The van der Waals surface area contributed by atoms with Crippen LogP contribution in [0.3, 0.4) is 0 Å². The Kier molecular flexibility index (Phi) is 13.3. The Balaban J connectivity index is 0.00000441. The summed E-state index contributed by atoms with van der Waals surface area (Å²) in [5, 5.41) is 7.04. The van der Waals surface area contributed by atoms with E-state index in [0.717, 1.165) is 44.7 Å². The molecule has 0 aromatic carbocycles. The fourth-order valence-corrected chi connectivity index (χ4v) is 2.73. The normalized spacial score (nSPS) is 17.4. The van der Waals surface area contributed by atoms with E-state index in [1.165, 1.54) is 25.7 Å². The number of hydrogen-bond donors (Lipinski definition) is 2. The molecule has 0 spiro atoms. The smallest absolute Gasteiger partial charge is 0.191 e. The second-order valence-electron chi connectivity index (χ2n) is 5.89. The van der Waals surface area contributed by atoms with Crippen LogP contribution in [0, 0.1) is 5.92 Å². The first kappa shape index (κ1) is 21.9. The molecule has 1 rings (SSSR count). The van der Waals surface area contributed by atoms with Crippen molar-refractivity contribution in [3.05, 3.63) is 0 Å². The van der Waals surface area contributed by atoms with Crippen molar-refractivity contribution in [1.82, 2.24) is 15.5 Å². The van der Waals surface area contributed by atoms with Crippen LogP contribution in [0.1, 0.15) is 39.5 Å². The highest BCUT2D eigenvalue weighted by molar-refractivity contribution is 14.0. The molecule has 1 aliphatic heterocycles. The number of piperidine rings is 1. The number of aliphatic imine (C=N–C) groups is 1. The molecular formula is C16H35IN4O. The summed E-state index contributed by atoms with van der Waals surface area (Å²) in [5.74, 6) is 1.69. The molecule has 1 fully saturated rings. The van der Waals surface area contributed by atoms with Crippen LogP contribution in [0.2, 0.25) is 0 Å². The van der Waals surface area contributed by atoms with Gasteiger partial charge in [-0.2, -0.15) is 0 Å². The van der Waals surface area contributed by atoms with Gasteiger partial charge in [-0.15, -0.1) is 24.0 Å². The monoisotopic (exact) mass is 426 g/mol. The van der Waals surface area contributed by atoms with Crippen LogP contribution in [0.25, 0.3) is 0 Å². The van der Waals surface area contributed by atoms with Gasteiger partial charge >= 0.3 is 0 Å². The Morgan fingerprint density at radius 2 is 1.91 bits per heavy atom. The van der Waals surface area contributed by atoms with Crippen molar-refractivity contribution in [2.75, 3.05) is 46.9 Å². The van der Waals surface area contributed by atoms with Gasteiger partial charge in [-0.25, -0.2) is 0 Å². The predicted molar refractivity (Wildman–Crippen MR) is 105 cm³/mol. The lowest BCUT2D eigenvalue weighted by atomic mass is 10.0. The van der Waals surface area contributed by atoms with Crippen molar-refractivity contribution in [3.8, 4) is 0 Å². The molecule has 0 unspecified atom stereocenters. The summed E-state index contributed by atoms with van der Waals surface area (Å²) in [6.45, 7) is 9.68. The minimum atomic E-state index is 0. The Labute approximate surface area is 153 Å². The molecule has 0 atom stereocenters. The van der Waals surface area contributed by atoms with Gasteiger partial charge < -0.3 is 20.3 Å². The lowest BCUT2D eigenvalue weighted by molar-refractivity contribution is 0.128.